The van der Waals surface area contributed by atoms with Crippen molar-refractivity contribution in [2.45, 2.75) is 12.8 Å². The average Bonchev–Trinajstić information content (AvgIpc) is 3.04. The molecule has 0 saturated heterocycles. The molecule has 0 aliphatic carbocycles. The van der Waals surface area contributed by atoms with E-state index in [2.05, 4.69) is 5.32 Å². The van der Waals surface area contributed by atoms with Crippen molar-refractivity contribution in [2.75, 3.05) is 12.4 Å². The van der Waals surface area contributed by atoms with Gasteiger partial charge in [-0.2, -0.15) is 0 Å². The third-order valence-corrected chi connectivity index (χ3v) is 3.82. The first-order chi connectivity index (χ1) is 11.7. The molecule has 0 aliphatic rings. The zero-order valence-electron chi connectivity index (χ0n) is 13.4. The lowest BCUT2D eigenvalue weighted by atomic mass is 10.2. The number of rotatable bonds is 5. The van der Waals surface area contributed by atoms with Gasteiger partial charge in [0.25, 0.3) is 0 Å². The van der Waals surface area contributed by atoms with Crippen molar-refractivity contribution < 1.29 is 14.3 Å². The number of carbonyl (C=O) groups excluding carboxylic acids is 2. The number of hydrogen-bond acceptors (Lipinski definition) is 3. The summed E-state index contributed by atoms with van der Waals surface area (Å²) < 4.78 is 6.78. The minimum Gasteiger partial charge on any atom is -0.495 e. The molecule has 2 aromatic carbocycles. The molecule has 3 aromatic rings. The van der Waals surface area contributed by atoms with Gasteiger partial charge in [-0.3, -0.25) is 14.2 Å². The minimum atomic E-state index is -0.218. The largest absolute Gasteiger partial charge is 0.495 e. The van der Waals surface area contributed by atoms with Crippen molar-refractivity contribution in [1.82, 2.24) is 4.57 Å². The van der Waals surface area contributed by atoms with Gasteiger partial charge in [0.2, 0.25) is 11.8 Å². The Labute approximate surface area is 139 Å². The molecule has 1 amide bonds. The number of para-hydroxylation sites is 3. The molecule has 24 heavy (non-hydrogen) atoms. The molecule has 0 radical (unpaired) electrons. The maximum absolute atomic E-state index is 12.4. The molecule has 1 N–H and O–H groups in total. The summed E-state index contributed by atoms with van der Waals surface area (Å²) >= 11 is 0. The number of benzene rings is 2. The highest BCUT2D eigenvalue weighted by Gasteiger charge is 2.12. The molecule has 1 heterocycles. The fraction of sp³-hybridized carbons (Fsp3) is 0.158. The van der Waals surface area contributed by atoms with E-state index in [9.17, 15) is 9.59 Å². The van der Waals surface area contributed by atoms with Crippen molar-refractivity contribution in [3.8, 4) is 5.75 Å². The van der Waals surface area contributed by atoms with Gasteiger partial charge in [0.05, 0.1) is 18.3 Å². The molecule has 0 saturated carbocycles. The summed E-state index contributed by atoms with van der Waals surface area (Å²) in [7, 11) is 1.55. The second-order valence-electron chi connectivity index (χ2n) is 5.39. The van der Waals surface area contributed by atoms with Crippen LogP contribution in [0.3, 0.4) is 0 Å². The zero-order chi connectivity index (χ0) is 16.9. The van der Waals surface area contributed by atoms with Crippen LogP contribution in [0.4, 0.5) is 5.69 Å². The van der Waals surface area contributed by atoms with Crippen LogP contribution in [0.2, 0.25) is 0 Å². The maximum Gasteiger partial charge on any atom is 0.231 e. The Bertz CT molecular complexity index is 883. The number of aromatic nitrogens is 1. The van der Waals surface area contributed by atoms with Crippen molar-refractivity contribution in [3.63, 3.8) is 0 Å². The summed E-state index contributed by atoms with van der Waals surface area (Å²) in [5.74, 6) is 0.268. The van der Waals surface area contributed by atoms with Crippen LogP contribution in [0.25, 0.3) is 10.9 Å². The van der Waals surface area contributed by atoms with Crippen molar-refractivity contribution >= 4 is 28.4 Å². The van der Waals surface area contributed by atoms with Crippen LogP contribution >= 0.6 is 0 Å². The van der Waals surface area contributed by atoms with Crippen LogP contribution in [0.1, 0.15) is 17.6 Å². The number of fused-ring (bicyclic) bond motifs is 1. The first kappa shape index (κ1) is 15.8. The molecule has 122 valence electrons. The highest BCUT2D eigenvalue weighted by atomic mass is 16.5. The lowest BCUT2D eigenvalue weighted by Crippen LogP contribution is -2.16. The molecule has 1 aromatic heterocycles. The third kappa shape index (κ3) is 3.30. The summed E-state index contributed by atoms with van der Waals surface area (Å²) in [6, 6.07) is 16.7. The Morgan fingerprint density at radius 2 is 1.75 bits per heavy atom. The van der Waals surface area contributed by atoms with Gasteiger partial charge < -0.3 is 10.1 Å². The molecule has 0 aliphatic heterocycles. The molecule has 5 nitrogen and oxygen atoms in total. The monoisotopic (exact) mass is 322 g/mol. The number of carbonyl (C=O) groups is 2. The molecule has 0 bridgehead atoms. The lowest BCUT2D eigenvalue weighted by molar-refractivity contribution is -0.116. The van der Waals surface area contributed by atoms with Crippen molar-refractivity contribution in [2.24, 2.45) is 0 Å². The molecular weight excluding hydrogens is 304 g/mol. The van der Waals surface area contributed by atoms with E-state index in [-0.39, 0.29) is 24.7 Å². The molecule has 0 atom stereocenters. The highest BCUT2D eigenvalue weighted by Crippen LogP contribution is 2.23. The fourth-order valence-electron chi connectivity index (χ4n) is 2.60. The quantitative estimate of drug-likeness (QED) is 0.779. The number of ether oxygens (including phenoxy) is 1. The third-order valence-electron chi connectivity index (χ3n) is 3.82. The van der Waals surface area contributed by atoms with E-state index in [1.807, 2.05) is 42.5 Å². The summed E-state index contributed by atoms with van der Waals surface area (Å²) in [5, 5.41) is 3.78. The Morgan fingerprint density at radius 3 is 2.58 bits per heavy atom. The van der Waals surface area contributed by atoms with Crippen molar-refractivity contribution in [3.05, 3.63) is 60.8 Å². The van der Waals surface area contributed by atoms with Gasteiger partial charge >= 0.3 is 0 Å². The first-order valence-corrected chi connectivity index (χ1v) is 7.71. The normalized spacial score (nSPS) is 10.5. The Morgan fingerprint density at radius 1 is 1.00 bits per heavy atom. The van der Waals surface area contributed by atoms with E-state index in [4.69, 9.17) is 4.74 Å². The predicted molar refractivity (Wildman–Crippen MR) is 93.4 cm³/mol. The van der Waals surface area contributed by atoms with Gasteiger partial charge in [-0.1, -0.05) is 30.3 Å². The smallest absolute Gasteiger partial charge is 0.231 e. The van der Waals surface area contributed by atoms with Gasteiger partial charge in [0.15, 0.2) is 0 Å². The van der Waals surface area contributed by atoms with Crippen molar-refractivity contribution in [1.29, 1.82) is 0 Å². The van der Waals surface area contributed by atoms with E-state index in [1.165, 1.54) is 0 Å². The van der Waals surface area contributed by atoms with E-state index in [0.717, 1.165) is 10.9 Å². The first-order valence-electron chi connectivity index (χ1n) is 7.71. The minimum absolute atomic E-state index is 0.105. The molecule has 0 fully saturated rings. The van der Waals surface area contributed by atoms with Crippen LogP contribution in [0, 0.1) is 0 Å². The Balaban J connectivity index is 1.63. The van der Waals surface area contributed by atoms with Gasteiger partial charge in [0, 0.05) is 24.4 Å². The van der Waals surface area contributed by atoms with Crippen LogP contribution in [-0.2, 0) is 4.79 Å². The zero-order valence-corrected chi connectivity index (χ0v) is 13.4. The summed E-state index contributed by atoms with van der Waals surface area (Å²) in [5.41, 5.74) is 1.46. The van der Waals surface area contributed by atoms with E-state index in [0.29, 0.717) is 11.4 Å². The predicted octanol–water partition coefficient (Wildman–Crippen LogP) is 3.71. The molecular formula is C19H18N2O3. The molecule has 0 unspecified atom stereocenters. The van der Waals surface area contributed by atoms with Gasteiger partial charge in [-0.15, -0.1) is 0 Å². The van der Waals surface area contributed by atoms with Gasteiger partial charge in [0.1, 0.15) is 5.75 Å². The average molecular weight is 322 g/mol. The standard InChI is InChI=1S/C19H18N2O3/c1-24-17-9-5-3-7-15(17)20-18(22)10-11-19(23)21-13-12-14-6-2-4-8-16(14)21/h2-9,12-13H,10-11H2,1H3,(H,20,22). The second kappa shape index (κ2) is 7.00. The van der Waals surface area contributed by atoms with Crippen LogP contribution in [0.5, 0.6) is 5.75 Å². The highest BCUT2D eigenvalue weighted by molar-refractivity contribution is 5.97. The summed E-state index contributed by atoms with van der Waals surface area (Å²) in [6.45, 7) is 0. The van der Waals surface area contributed by atoms with Crippen LogP contribution in [0.15, 0.2) is 60.8 Å². The van der Waals surface area contributed by atoms with Gasteiger partial charge in [-0.05, 0) is 24.3 Å². The number of nitrogens with zero attached hydrogens (tertiary/aromatic N) is 1. The second-order valence-corrected chi connectivity index (χ2v) is 5.39. The van der Waals surface area contributed by atoms with Crippen LogP contribution < -0.4 is 10.1 Å². The fourth-order valence-corrected chi connectivity index (χ4v) is 2.60. The molecule has 5 heteroatoms. The van der Waals surface area contributed by atoms with E-state index in [1.54, 1.807) is 30.0 Å². The number of anilines is 1. The van der Waals surface area contributed by atoms with Crippen LogP contribution in [-0.4, -0.2) is 23.5 Å². The van der Waals surface area contributed by atoms with E-state index < -0.39 is 0 Å². The number of nitrogens with one attached hydrogen (secondary N) is 1. The number of amides is 1. The topological polar surface area (TPSA) is 60.3 Å². The maximum atomic E-state index is 12.4. The SMILES string of the molecule is COc1ccccc1NC(=O)CCC(=O)n1ccc2ccccc21. The molecule has 3 rings (SSSR count). The van der Waals surface area contributed by atoms with Gasteiger partial charge in [-0.25, -0.2) is 0 Å². The van der Waals surface area contributed by atoms with E-state index >= 15 is 0 Å². The number of methoxy groups -OCH3 is 1. The number of hydrogen-bond donors (Lipinski definition) is 1. The summed E-state index contributed by atoms with van der Waals surface area (Å²) in [6.07, 6.45) is 1.99. The Hall–Kier alpha value is -3.08. The molecule has 0 spiro atoms. The summed E-state index contributed by atoms with van der Waals surface area (Å²) in [4.78, 5) is 24.4. The lowest BCUT2D eigenvalue weighted by Gasteiger charge is -2.09. The Kier molecular flexibility index (Phi) is 4.61.